The van der Waals surface area contributed by atoms with Gasteiger partial charge in [0.15, 0.2) is 0 Å². The molecule has 0 amide bonds. The highest BCUT2D eigenvalue weighted by Crippen LogP contribution is 2.30. The van der Waals surface area contributed by atoms with Crippen molar-refractivity contribution in [3.8, 4) is 5.69 Å². The van der Waals surface area contributed by atoms with Crippen molar-refractivity contribution in [2.24, 2.45) is 0 Å². The highest BCUT2D eigenvalue weighted by molar-refractivity contribution is 6.30. The number of hydrogen-bond donors (Lipinski definition) is 0. The van der Waals surface area contributed by atoms with Crippen LogP contribution in [0, 0.1) is 0 Å². The van der Waals surface area contributed by atoms with Crippen LogP contribution in [0.4, 0.5) is 0 Å². The number of rotatable bonds is 3. The molecular weight excluding hydrogens is 291 g/mol. The first-order valence-corrected chi connectivity index (χ1v) is 7.05. The number of benzene rings is 2. The summed E-state index contributed by atoms with van der Waals surface area (Å²) in [5.74, 6) is 0. The molecule has 20 heavy (non-hydrogen) atoms. The molecule has 100 valence electrons. The van der Waals surface area contributed by atoms with E-state index in [1.165, 1.54) is 0 Å². The van der Waals surface area contributed by atoms with Gasteiger partial charge < -0.3 is 0 Å². The second-order valence-corrected chi connectivity index (χ2v) is 5.34. The number of hydrogen-bond acceptors (Lipinski definition) is 1. The van der Waals surface area contributed by atoms with Crippen LogP contribution >= 0.6 is 23.2 Å². The third kappa shape index (κ3) is 2.72. The molecule has 3 aromatic rings. The lowest BCUT2D eigenvalue weighted by Crippen LogP contribution is -1.94. The highest BCUT2D eigenvalue weighted by Gasteiger charge is 2.13. The minimum Gasteiger partial charge on any atom is -0.241 e. The van der Waals surface area contributed by atoms with Gasteiger partial charge in [-0.3, -0.25) is 0 Å². The van der Waals surface area contributed by atoms with Gasteiger partial charge >= 0.3 is 0 Å². The lowest BCUT2D eigenvalue weighted by atomic mass is 10.1. The minimum absolute atomic E-state index is 0.258. The van der Waals surface area contributed by atoms with Crippen molar-refractivity contribution in [3.05, 3.63) is 83.1 Å². The van der Waals surface area contributed by atoms with Gasteiger partial charge in [-0.15, -0.1) is 11.6 Å². The summed E-state index contributed by atoms with van der Waals surface area (Å²) in [5.41, 5.74) is 2.92. The summed E-state index contributed by atoms with van der Waals surface area (Å²) in [7, 11) is 0. The van der Waals surface area contributed by atoms with Crippen molar-refractivity contribution >= 4 is 23.2 Å². The molecule has 1 atom stereocenters. The van der Waals surface area contributed by atoms with Crippen LogP contribution in [-0.2, 0) is 0 Å². The molecule has 1 unspecified atom stereocenters. The Morgan fingerprint density at radius 2 is 1.75 bits per heavy atom. The maximum atomic E-state index is 6.49. The predicted octanol–water partition coefficient (Wildman–Crippen LogP) is 4.85. The zero-order valence-corrected chi connectivity index (χ0v) is 12.1. The fraction of sp³-hybridized carbons (Fsp3) is 0.0625. The molecule has 0 aliphatic carbocycles. The maximum Gasteiger partial charge on any atom is 0.0866 e. The van der Waals surface area contributed by atoms with Gasteiger partial charge in [0.2, 0.25) is 0 Å². The zero-order chi connectivity index (χ0) is 13.9. The molecule has 0 fully saturated rings. The maximum absolute atomic E-state index is 6.49. The van der Waals surface area contributed by atoms with Gasteiger partial charge in [-0.05, 0) is 29.8 Å². The van der Waals surface area contributed by atoms with Gasteiger partial charge in [-0.2, -0.15) is 5.10 Å². The summed E-state index contributed by atoms with van der Waals surface area (Å²) >= 11 is 12.5. The Morgan fingerprint density at radius 1 is 0.950 bits per heavy atom. The van der Waals surface area contributed by atoms with E-state index in [4.69, 9.17) is 23.2 Å². The van der Waals surface area contributed by atoms with Crippen LogP contribution in [0.1, 0.15) is 16.5 Å². The predicted molar refractivity (Wildman–Crippen MR) is 82.7 cm³/mol. The first kappa shape index (κ1) is 13.2. The number of halogens is 2. The summed E-state index contributed by atoms with van der Waals surface area (Å²) in [4.78, 5) is 0. The molecule has 2 nitrogen and oxygen atoms in total. The van der Waals surface area contributed by atoms with E-state index in [1.807, 2.05) is 65.5 Å². The van der Waals surface area contributed by atoms with Crippen molar-refractivity contribution in [1.82, 2.24) is 9.78 Å². The second-order valence-electron chi connectivity index (χ2n) is 4.47. The Balaban J connectivity index is 1.90. The van der Waals surface area contributed by atoms with Gasteiger partial charge in [0.1, 0.15) is 0 Å². The monoisotopic (exact) mass is 302 g/mol. The van der Waals surface area contributed by atoms with E-state index in [9.17, 15) is 0 Å². The number of para-hydroxylation sites is 1. The lowest BCUT2D eigenvalue weighted by molar-refractivity contribution is 0.880. The van der Waals surface area contributed by atoms with Crippen LogP contribution in [0.15, 0.2) is 67.0 Å². The smallest absolute Gasteiger partial charge is 0.0866 e. The van der Waals surface area contributed by atoms with Crippen molar-refractivity contribution in [3.63, 3.8) is 0 Å². The fourth-order valence-corrected chi connectivity index (χ4v) is 2.49. The quantitative estimate of drug-likeness (QED) is 0.632. The number of nitrogens with zero attached hydrogens (tertiary/aromatic N) is 2. The third-order valence-corrected chi connectivity index (χ3v) is 3.80. The first-order valence-electron chi connectivity index (χ1n) is 6.23. The van der Waals surface area contributed by atoms with Crippen LogP contribution in [0.5, 0.6) is 0 Å². The van der Waals surface area contributed by atoms with E-state index in [0.717, 1.165) is 16.8 Å². The van der Waals surface area contributed by atoms with Crippen LogP contribution in [0.2, 0.25) is 5.02 Å². The van der Waals surface area contributed by atoms with Crippen molar-refractivity contribution in [2.75, 3.05) is 0 Å². The fourth-order valence-electron chi connectivity index (χ4n) is 2.05. The summed E-state index contributed by atoms with van der Waals surface area (Å²) in [6.45, 7) is 0. The third-order valence-electron chi connectivity index (χ3n) is 3.06. The molecule has 1 aromatic heterocycles. The first-order chi connectivity index (χ1) is 9.74. The summed E-state index contributed by atoms with van der Waals surface area (Å²) in [6.07, 6.45) is 3.72. The van der Waals surface area contributed by atoms with Gasteiger partial charge in [-0.25, -0.2) is 4.68 Å². The molecule has 0 N–H and O–H groups in total. The van der Waals surface area contributed by atoms with Crippen LogP contribution in [0.25, 0.3) is 5.69 Å². The highest BCUT2D eigenvalue weighted by atomic mass is 35.5. The van der Waals surface area contributed by atoms with Gasteiger partial charge in [0.25, 0.3) is 0 Å². The topological polar surface area (TPSA) is 17.8 Å². The number of alkyl halides is 1. The SMILES string of the molecule is Clc1cccc(C(Cl)c2cnn(-c3ccccc3)c2)c1. The summed E-state index contributed by atoms with van der Waals surface area (Å²) in [5, 5.41) is 4.78. The molecule has 0 bridgehead atoms. The van der Waals surface area contributed by atoms with E-state index in [2.05, 4.69) is 5.10 Å². The molecule has 0 spiro atoms. The number of aromatic nitrogens is 2. The average Bonchev–Trinajstić information content (AvgIpc) is 2.97. The van der Waals surface area contributed by atoms with E-state index >= 15 is 0 Å². The van der Waals surface area contributed by atoms with E-state index < -0.39 is 0 Å². The van der Waals surface area contributed by atoms with Crippen molar-refractivity contribution in [1.29, 1.82) is 0 Å². The molecule has 0 saturated heterocycles. The van der Waals surface area contributed by atoms with Crippen LogP contribution in [-0.4, -0.2) is 9.78 Å². The van der Waals surface area contributed by atoms with Gasteiger partial charge in [0.05, 0.1) is 17.3 Å². The molecular formula is C16H12Cl2N2. The largest absolute Gasteiger partial charge is 0.241 e. The second kappa shape index (κ2) is 5.70. The molecule has 3 rings (SSSR count). The van der Waals surface area contributed by atoms with Crippen LogP contribution in [0.3, 0.4) is 0 Å². The van der Waals surface area contributed by atoms with Gasteiger partial charge in [-0.1, -0.05) is 41.9 Å². The van der Waals surface area contributed by atoms with Crippen molar-refractivity contribution in [2.45, 2.75) is 5.38 Å². The van der Waals surface area contributed by atoms with Gasteiger partial charge in [0, 0.05) is 16.8 Å². The molecule has 2 aromatic carbocycles. The Hall–Kier alpha value is -1.77. The average molecular weight is 303 g/mol. The normalized spacial score (nSPS) is 12.3. The summed E-state index contributed by atoms with van der Waals surface area (Å²) < 4.78 is 1.81. The summed E-state index contributed by atoms with van der Waals surface area (Å²) in [6, 6.07) is 17.5. The van der Waals surface area contributed by atoms with Crippen LogP contribution < -0.4 is 0 Å². The van der Waals surface area contributed by atoms with E-state index in [-0.39, 0.29) is 5.38 Å². The van der Waals surface area contributed by atoms with Crippen molar-refractivity contribution < 1.29 is 0 Å². The Labute approximate surface area is 127 Å². The molecule has 0 radical (unpaired) electrons. The molecule has 1 heterocycles. The van der Waals surface area contributed by atoms with E-state index in [0.29, 0.717) is 5.02 Å². The Bertz CT molecular complexity index is 707. The standard InChI is InChI=1S/C16H12Cl2N2/c17-14-6-4-5-12(9-14)16(18)13-10-19-20(11-13)15-7-2-1-3-8-15/h1-11,16H. The molecule has 0 saturated carbocycles. The Morgan fingerprint density at radius 3 is 2.50 bits per heavy atom. The molecule has 0 aliphatic rings. The molecule has 4 heteroatoms. The molecule has 0 aliphatic heterocycles. The lowest BCUT2D eigenvalue weighted by Gasteiger charge is -2.07. The van der Waals surface area contributed by atoms with E-state index in [1.54, 1.807) is 6.20 Å². The zero-order valence-electron chi connectivity index (χ0n) is 10.6. The minimum atomic E-state index is -0.258. The Kier molecular flexibility index (Phi) is 3.77.